The van der Waals surface area contributed by atoms with E-state index in [4.69, 9.17) is 9.47 Å². The maximum Gasteiger partial charge on any atom is 0.238 e. The standard InChI is InChI=1S/C21H26N2O3S/c1-25-18-9-10-20(26-2)15(11-18)13-23(17-7-8-17)14-21(24)22-16-5-4-6-19(12-16)27-3/h4-6,9-12,17H,7-8,13-14H2,1-3H3,(H,22,24). The second kappa shape index (κ2) is 9.15. The van der Waals surface area contributed by atoms with Crippen LogP contribution in [0.2, 0.25) is 0 Å². The van der Waals surface area contributed by atoms with Crippen molar-refractivity contribution in [2.75, 3.05) is 32.3 Å². The van der Waals surface area contributed by atoms with E-state index in [-0.39, 0.29) is 5.91 Å². The van der Waals surface area contributed by atoms with Gasteiger partial charge in [0.05, 0.1) is 20.8 Å². The summed E-state index contributed by atoms with van der Waals surface area (Å²) >= 11 is 1.66. The van der Waals surface area contributed by atoms with Crippen LogP contribution in [0.5, 0.6) is 11.5 Å². The van der Waals surface area contributed by atoms with E-state index in [0.29, 0.717) is 19.1 Å². The van der Waals surface area contributed by atoms with Gasteiger partial charge in [-0.05, 0) is 55.5 Å². The number of ether oxygens (including phenoxy) is 2. The Morgan fingerprint density at radius 3 is 2.67 bits per heavy atom. The third-order valence-electron chi connectivity index (χ3n) is 4.62. The number of hydrogen-bond donors (Lipinski definition) is 1. The van der Waals surface area contributed by atoms with Gasteiger partial charge in [-0.2, -0.15) is 0 Å². The van der Waals surface area contributed by atoms with Gasteiger partial charge in [0.15, 0.2) is 0 Å². The molecular formula is C21H26N2O3S. The summed E-state index contributed by atoms with van der Waals surface area (Å²) in [5, 5.41) is 3.02. The molecule has 1 aliphatic rings. The van der Waals surface area contributed by atoms with E-state index >= 15 is 0 Å². The van der Waals surface area contributed by atoms with E-state index in [0.717, 1.165) is 40.5 Å². The Labute approximate surface area is 165 Å². The Morgan fingerprint density at radius 2 is 2.00 bits per heavy atom. The Morgan fingerprint density at radius 1 is 1.19 bits per heavy atom. The van der Waals surface area contributed by atoms with Crippen molar-refractivity contribution in [2.24, 2.45) is 0 Å². The molecule has 2 aromatic rings. The first-order valence-corrected chi connectivity index (χ1v) is 10.2. The number of carbonyl (C=O) groups excluding carboxylic acids is 1. The molecule has 144 valence electrons. The second-order valence-electron chi connectivity index (χ2n) is 6.59. The quantitative estimate of drug-likeness (QED) is 0.660. The summed E-state index contributed by atoms with van der Waals surface area (Å²) in [4.78, 5) is 16.0. The van der Waals surface area contributed by atoms with Gasteiger partial charge in [0, 0.05) is 28.7 Å². The summed E-state index contributed by atoms with van der Waals surface area (Å²) in [6.45, 7) is 1.01. The van der Waals surface area contributed by atoms with Gasteiger partial charge in [-0.15, -0.1) is 11.8 Å². The number of benzene rings is 2. The SMILES string of the molecule is COc1ccc(OC)c(CN(CC(=O)Nc2cccc(SC)c2)C2CC2)c1. The van der Waals surface area contributed by atoms with Gasteiger partial charge >= 0.3 is 0 Å². The number of carbonyl (C=O) groups is 1. The van der Waals surface area contributed by atoms with Crippen LogP contribution in [0.15, 0.2) is 47.4 Å². The van der Waals surface area contributed by atoms with Gasteiger partial charge in [0.1, 0.15) is 11.5 Å². The fourth-order valence-electron chi connectivity index (χ4n) is 3.06. The lowest BCUT2D eigenvalue weighted by molar-refractivity contribution is -0.117. The molecule has 0 spiro atoms. The number of rotatable bonds is 9. The lowest BCUT2D eigenvalue weighted by Crippen LogP contribution is -2.34. The van der Waals surface area contributed by atoms with Crippen molar-refractivity contribution in [3.8, 4) is 11.5 Å². The fourth-order valence-corrected chi connectivity index (χ4v) is 3.52. The molecule has 0 aliphatic heterocycles. The van der Waals surface area contributed by atoms with Crippen molar-refractivity contribution in [3.05, 3.63) is 48.0 Å². The van der Waals surface area contributed by atoms with Crippen LogP contribution in [0.3, 0.4) is 0 Å². The second-order valence-corrected chi connectivity index (χ2v) is 7.47. The highest BCUT2D eigenvalue weighted by Gasteiger charge is 2.31. The van der Waals surface area contributed by atoms with E-state index in [2.05, 4.69) is 10.2 Å². The molecular weight excluding hydrogens is 360 g/mol. The smallest absolute Gasteiger partial charge is 0.238 e. The predicted molar refractivity (Wildman–Crippen MR) is 110 cm³/mol. The van der Waals surface area contributed by atoms with Crippen LogP contribution >= 0.6 is 11.8 Å². The Balaban J connectivity index is 1.68. The lowest BCUT2D eigenvalue weighted by Gasteiger charge is -2.23. The van der Waals surface area contributed by atoms with Gasteiger partial charge in [-0.1, -0.05) is 6.07 Å². The van der Waals surface area contributed by atoms with E-state index < -0.39 is 0 Å². The Bertz CT molecular complexity index is 793. The molecule has 1 fully saturated rings. The van der Waals surface area contributed by atoms with E-state index in [1.54, 1.807) is 26.0 Å². The van der Waals surface area contributed by atoms with Crippen LogP contribution in [-0.4, -0.2) is 43.9 Å². The predicted octanol–water partition coefficient (Wildman–Crippen LogP) is 4.03. The zero-order chi connectivity index (χ0) is 19.2. The van der Waals surface area contributed by atoms with Gasteiger partial charge < -0.3 is 14.8 Å². The first-order chi connectivity index (χ1) is 13.1. The number of amides is 1. The molecule has 0 saturated heterocycles. The first-order valence-electron chi connectivity index (χ1n) is 9.01. The number of nitrogens with zero attached hydrogens (tertiary/aromatic N) is 1. The summed E-state index contributed by atoms with van der Waals surface area (Å²) in [5.74, 6) is 1.61. The molecule has 0 heterocycles. The number of hydrogen-bond acceptors (Lipinski definition) is 5. The van der Waals surface area contributed by atoms with Gasteiger partial charge in [0.2, 0.25) is 5.91 Å². The van der Waals surface area contributed by atoms with Crippen molar-refractivity contribution >= 4 is 23.4 Å². The van der Waals surface area contributed by atoms with Gasteiger partial charge in [-0.3, -0.25) is 9.69 Å². The lowest BCUT2D eigenvalue weighted by atomic mass is 10.1. The minimum Gasteiger partial charge on any atom is -0.497 e. The first kappa shape index (κ1) is 19.6. The summed E-state index contributed by atoms with van der Waals surface area (Å²) in [6.07, 6.45) is 4.28. The average Bonchev–Trinajstić information content (AvgIpc) is 3.52. The van der Waals surface area contributed by atoms with Crippen LogP contribution in [0.25, 0.3) is 0 Å². The number of nitrogens with one attached hydrogen (secondary N) is 1. The fraction of sp³-hybridized carbons (Fsp3) is 0.381. The molecule has 3 rings (SSSR count). The molecule has 0 atom stereocenters. The third-order valence-corrected chi connectivity index (χ3v) is 5.35. The monoisotopic (exact) mass is 386 g/mol. The van der Waals surface area contributed by atoms with Gasteiger partial charge in [0.25, 0.3) is 0 Å². The van der Waals surface area contributed by atoms with Crippen LogP contribution < -0.4 is 14.8 Å². The molecule has 2 aromatic carbocycles. The Kier molecular flexibility index (Phi) is 6.63. The average molecular weight is 387 g/mol. The van der Waals surface area contributed by atoms with Crippen molar-refractivity contribution in [2.45, 2.75) is 30.3 Å². The van der Waals surface area contributed by atoms with Crippen LogP contribution in [0.1, 0.15) is 18.4 Å². The minimum absolute atomic E-state index is 0.00187. The molecule has 1 aliphatic carbocycles. The maximum atomic E-state index is 12.6. The van der Waals surface area contributed by atoms with E-state index in [9.17, 15) is 4.79 Å². The van der Waals surface area contributed by atoms with Crippen molar-refractivity contribution in [1.29, 1.82) is 0 Å². The van der Waals surface area contributed by atoms with Crippen molar-refractivity contribution in [3.63, 3.8) is 0 Å². The van der Waals surface area contributed by atoms with E-state index in [1.807, 2.05) is 48.7 Å². The number of anilines is 1. The molecule has 1 N–H and O–H groups in total. The molecule has 0 bridgehead atoms. The highest BCUT2D eigenvalue weighted by Crippen LogP contribution is 2.31. The minimum atomic E-state index is 0.00187. The zero-order valence-corrected chi connectivity index (χ0v) is 16.8. The maximum absolute atomic E-state index is 12.6. The molecule has 27 heavy (non-hydrogen) atoms. The summed E-state index contributed by atoms with van der Waals surface area (Å²) in [6, 6.07) is 14.1. The highest BCUT2D eigenvalue weighted by molar-refractivity contribution is 7.98. The van der Waals surface area contributed by atoms with E-state index in [1.165, 1.54) is 0 Å². The molecule has 0 aromatic heterocycles. The molecule has 0 radical (unpaired) electrons. The van der Waals surface area contributed by atoms with Gasteiger partial charge in [-0.25, -0.2) is 0 Å². The zero-order valence-electron chi connectivity index (χ0n) is 16.0. The molecule has 6 heteroatoms. The third kappa shape index (κ3) is 5.40. The number of methoxy groups -OCH3 is 2. The Hall–Kier alpha value is -2.18. The number of thioether (sulfide) groups is 1. The molecule has 1 amide bonds. The molecule has 0 unspecified atom stereocenters. The van der Waals surface area contributed by atoms with Crippen molar-refractivity contribution in [1.82, 2.24) is 4.90 Å². The normalized spacial score (nSPS) is 13.5. The van der Waals surface area contributed by atoms with Crippen molar-refractivity contribution < 1.29 is 14.3 Å². The highest BCUT2D eigenvalue weighted by atomic mass is 32.2. The summed E-state index contributed by atoms with van der Waals surface area (Å²) < 4.78 is 10.8. The largest absolute Gasteiger partial charge is 0.497 e. The van der Waals surface area contributed by atoms with Crippen LogP contribution in [-0.2, 0) is 11.3 Å². The molecule has 1 saturated carbocycles. The summed E-state index contributed by atoms with van der Waals surface area (Å²) in [5.41, 5.74) is 1.86. The van der Waals surface area contributed by atoms with Crippen LogP contribution in [0.4, 0.5) is 5.69 Å². The van der Waals surface area contributed by atoms with Crippen LogP contribution in [0, 0.1) is 0 Å². The molecule has 5 nitrogen and oxygen atoms in total. The topological polar surface area (TPSA) is 50.8 Å². The summed E-state index contributed by atoms with van der Waals surface area (Å²) in [7, 11) is 3.32.